The highest BCUT2D eigenvalue weighted by Crippen LogP contribution is 2.10. The van der Waals surface area contributed by atoms with Gasteiger partial charge in [0.1, 0.15) is 6.04 Å². The fourth-order valence-corrected chi connectivity index (χ4v) is 1.77. The van der Waals surface area contributed by atoms with Crippen LogP contribution in [-0.2, 0) is 4.79 Å². The number of nitrogens with one attached hydrogen (secondary N) is 1. The number of nitrogens with zero attached hydrogens (tertiary/aromatic N) is 1. The van der Waals surface area contributed by atoms with Gasteiger partial charge in [-0.05, 0) is 19.3 Å². The van der Waals surface area contributed by atoms with Gasteiger partial charge in [0.25, 0.3) is 0 Å². The molecule has 0 spiro atoms. The van der Waals surface area contributed by atoms with E-state index in [1.165, 1.54) is 11.9 Å². The Hall–Kier alpha value is -1.52. The molecular weight excluding hydrogens is 208 g/mol. The molecule has 1 rings (SSSR count). The fraction of sp³-hybridized carbons (Fsp3) is 0.636. The molecule has 5 nitrogen and oxygen atoms in total. The minimum atomic E-state index is -0.968. The van der Waals surface area contributed by atoms with Crippen LogP contribution in [0.1, 0.15) is 26.2 Å². The molecule has 0 bridgehead atoms. The van der Waals surface area contributed by atoms with Crippen LogP contribution in [0.4, 0.5) is 4.79 Å². The highest BCUT2D eigenvalue weighted by Gasteiger charge is 2.26. The summed E-state index contributed by atoms with van der Waals surface area (Å²) in [5, 5.41) is 11.7. The summed E-state index contributed by atoms with van der Waals surface area (Å²) in [7, 11) is 1.51. The average Bonchev–Trinajstić information content (AvgIpc) is 2.70. The number of carbonyl (C=O) groups is 2. The number of likely N-dealkylation sites (N-methyl/N-ethyl adjacent to an activating group) is 1. The summed E-state index contributed by atoms with van der Waals surface area (Å²) < 4.78 is 0. The van der Waals surface area contributed by atoms with E-state index in [2.05, 4.69) is 5.32 Å². The summed E-state index contributed by atoms with van der Waals surface area (Å²) >= 11 is 0. The van der Waals surface area contributed by atoms with Gasteiger partial charge >= 0.3 is 12.0 Å². The molecule has 0 aliphatic heterocycles. The predicted molar refractivity (Wildman–Crippen MR) is 60.2 cm³/mol. The Labute approximate surface area is 95.1 Å². The molecule has 0 heterocycles. The van der Waals surface area contributed by atoms with Crippen LogP contribution in [0.15, 0.2) is 12.2 Å². The van der Waals surface area contributed by atoms with E-state index in [1.807, 2.05) is 12.2 Å². The van der Waals surface area contributed by atoms with Crippen molar-refractivity contribution >= 4 is 12.0 Å². The third-order valence-electron chi connectivity index (χ3n) is 2.80. The molecule has 0 fully saturated rings. The van der Waals surface area contributed by atoms with Gasteiger partial charge in [-0.2, -0.15) is 0 Å². The maximum absolute atomic E-state index is 11.7. The SMILES string of the molecule is CCC(C(=O)O)N(C)C(=O)NC1CC=CC1. The van der Waals surface area contributed by atoms with Crippen LogP contribution < -0.4 is 5.32 Å². The summed E-state index contributed by atoms with van der Waals surface area (Å²) in [6.07, 6.45) is 6.08. The van der Waals surface area contributed by atoms with Crippen LogP contribution in [0.3, 0.4) is 0 Å². The first-order valence-electron chi connectivity index (χ1n) is 5.47. The smallest absolute Gasteiger partial charge is 0.326 e. The maximum Gasteiger partial charge on any atom is 0.326 e. The monoisotopic (exact) mass is 226 g/mol. The van der Waals surface area contributed by atoms with Crippen molar-refractivity contribution in [3.05, 3.63) is 12.2 Å². The zero-order chi connectivity index (χ0) is 12.1. The van der Waals surface area contributed by atoms with Gasteiger partial charge < -0.3 is 15.3 Å². The number of amides is 2. The molecule has 0 radical (unpaired) electrons. The lowest BCUT2D eigenvalue weighted by molar-refractivity contribution is -0.141. The van der Waals surface area contributed by atoms with Crippen LogP contribution in [-0.4, -0.2) is 41.1 Å². The zero-order valence-electron chi connectivity index (χ0n) is 9.64. The highest BCUT2D eigenvalue weighted by molar-refractivity contribution is 5.82. The van der Waals surface area contributed by atoms with Gasteiger partial charge in [-0.25, -0.2) is 9.59 Å². The number of carbonyl (C=O) groups excluding carboxylic acids is 1. The Morgan fingerprint density at radius 1 is 1.50 bits per heavy atom. The van der Waals surface area contributed by atoms with E-state index in [-0.39, 0.29) is 12.1 Å². The number of rotatable bonds is 4. The van der Waals surface area contributed by atoms with E-state index in [9.17, 15) is 9.59 Å². The van der Waals surface area contributed by atoms with Crippen LogP contribution >= 0.6 is 0 Å². The molecule has 5 heteroatoms. The Morgan fingerprint density at radius 3 is 2.50 bits per heavy atom. The third kappa shape index (κ3) is 2.98. The van der Waals surface area contributed by atoms with Crippen molar-refractivity contribution in [1.82, 2.24) is 10.2 Å². The molecule has 0 aromatic carbocycles. The van der Waals surface area contributed by atoms with Crippen molar-refractivity contribution in [2.45, 2.75) is 38.3 Å². The minimum absolute atomic E-state index is 0.112. The van der Waals surface area contributed by atoms with E-state index in [0.717, 1.165) is 12.8 Å². The number of carboxylic acid groups (broad SMARTS) is 1. The van der Waals surface area contributed by atoms with Gasteiger partial charge in [0, 0.05) is 13.1 Å². The molecule has 90 valence electrons. The second-order valence-corrected chi connectivity index (χ2v) is 3.96. The molecule has 1 aliphatic rings. The molecule has 2 amide bonds. The van der Waals surface area contributed by atoms with Crippen molar-refractivity contribution in [2.75, 3.05) is 7.05 Å². The zero-order valence-corrected chi connectivity index (χ0v) is 9.64. The molecule has 1 unspecified atom stereocenters. The van der Waals surface area contributed by atoms with Gasteiger partial charge in [0.15, 0.2) is 0 Å². The summed E-state index contributed by atoms with van der Waals surface area (Å²) in [6.45, 7) is 1.75. The van der Waals surface area contributed by atoms with E-state index in [0.29, 0.717) is 6.42 Å². The molecule has 2 N–H and O–H groups in total. The van der Waals surface area contributed by atoms with Gasteiger partial charge in [0.05, 0.1) is 0 Å². The van der Waals surface area contributed by atoms with Gasteiger partial charge in [-0.1, -0.05) is 19.1 Å². The Morgan fingerprint density at radius 2 is 2.06 bits per heavy atom. The van der Waals surface area contributed by atoms with E-state index < -0.39 is 12.0 Å². The second-order valence-electron chi connectivity index (χ2n) is 3.96. The molecule has 0 aromatic rings. The maximum atomic E-state index is 11.7. The summed E-state index contributed by atoms with van der Waals surface area (Å²) in [6, 6.07) is -0.960. The first-order valence-corrected chi connectivity index (χ1v) is 5.47. The van der Waals surface area contributed by atoms with Crippen LogP contribution in [0.25, 0.3) is 0 Å². The van der Waals surface area contributed by atoms with Gasteiger partial charge in [-0.15, -0.1) is 0 Å². The summed E-state index contributed by atoms with van der Waals surface area (Å²) in [5.41, 5.74) is 0. The second kappa shape index (κ2) is 5.53. The Kier molecular flexibility index (Phi) is 4.34. The number of urea groups is 1. The first kappa shape index (κ1) is 12.5. The minimum Gasteiger partial charge on any atom is -0.480 e. The fourth-order valence-electron chi connectivity index (χ4n) is 1.77. The van der Waals surface area contributed by atoms with Crippen LogP contribution in [0.2, 0.25) is 0 Å². The third-order valence-corrected chi connectivity index (χ3v) is 2.80. The first-order chi connectivity index (χ1) is 7.56. The van der Waals surface area contributed by atoms with Crippen LogP contribution in [0.5, 0.6) is 0 Å². The molecule has 1 aliphatic carbocycles. The Balaban J connectivity index is 2.48. The predicted octanol–water partition coefficient (Wildman–Crippen LogP) is 1.21. The molecule has 0 saturated carbocycles. The normalized spacial score (nSPS) is 17.1. The molecule has 0 aromatic heterocycles. The van der Waals surface area contributed by atoms with Gasteiger partial charge in [-0.3, -0.25) is 0 Å². The molecule has 1 atom stereocenters. The lowest BCUT2D eigenvalue weighted by atomic mass is 10.2. The number of hydrogen-bond donors (Lipinski definition) is 2. The van der Waals surface area contributed by atoms with Crippen molar-refractivity contribution < 1.29 is 14.7 Å². The van der Waals surface area contributed by atoms with E-state index in [1.54, 1.807) is 6.92 Å². The molecule has 0 saturated heterocycles. The lowest BCUT2D eigenvalue weighted by Crippen LogP contribution is -2.49. The lowest BCUT2D eigenvalue weighted by Gasteiger charge is -2.25. The van der Waals surface area contributed by atoms with Crippen molar-refractivity contribution in [1.29, 1.82) is 0 Å². The standard InChI is InChI=1S/C11H18N2O3/c1-3-9(10(14)15)13(2)11(16)12-8-6-4-5-7-8/h4-5,8-9H,3,6-7H2,1-2H3,(H,12,16)(H,14,15). The quantitative estimate of drug-likeness (QED) is 0.708. The molecular formula is C11H18N2O3. The van der Waals surface area contributed by atoms with Crippen molar-refractivity contribution in [3.63, 3.8) is 0 Å². The average molecular weight is 226 g/mol. The van der Waals surface area contributed by atoms with Gasteiger partial charge in [0.2, 0.25) is 0 Å². The van der Waals surface area contributed by atoms with E-state index >= 15 is 0 Å². The largest absolute Gasteiger partial charge is 0.480 e. The van der Waals surface area contributed by atoms with Crippen LogP contribution in [0, 0.1) is 0 Å². The number of carboxylic acids is 1. The number of hydrogen-bond acceptors (Lipinski definition) is 2. The number of aliphatic carboxylic acids is 1. The van der Waals surface area contributed by atoms with Crippen molar-refractivity contribution in [3.8, 4) is 0 Å². The highest BCUT2D eigenvalue weighted by atomic mass is 16.4. The van der Waals surface area contributed by atoms with Crippen molar-refractivity contribution in [2.24, 2.45) is 0 Å². The molecule has 16 heavy (non-hydrogen) atoms. The van der Waals surface area contributed by atoms with E-state index in [4.69, 9.17) is 5.11 Å². The topological polar surface area (TPSA) is 69.6 Å². The summed E-state index contributed by atoms with van der Waals surface area (Å²) in [4.78, 5) is 23.9. The summed E-state index contributed by atoms with van der Waals surface area (Å²) in [5.74, 6) is -0.968. The Bertz CT molecular complexity index is 294.